The summed E-state index contributed by atoms with van der Waals surface area (Å²) in [7, 11) is 1.22. The Morgan fingerprint density at radius 2 is 1.81 bits per heavy atom. The van der Waals surface area contributed by atoms with E-state index >= 15 is 0 Å². The summed E-state index contributed by atoms with van der Waals surface area (Å²) in [4.78, 5) is 50.2. The number of methoxy groups -OCH3 is 1. The van der Waals surface area contributed by atoms with E-state index in [2.05, 4.69) is 12.6 Å². The number of thiol groups is 1. The second-order valence-corrected chi connectivity index (χ2v) is 8.67. The number of para-hydroxylation sites is 1. The van der Waals surface area contributed by atoms with Crippen molar-refractivity contribution in [3.63, 3.8) is 0 Å². The van der Waals surface area contributed by atoms with Gasteiger partial charge in [-0.15, -0.1) is 0 Å². The lowest BCUT2D eigenvalue weighted by Gasteiger charge is -2.36. The van der Waals surface area contributed by atoms with Crippen molar-refractivity contribution in [3.8, 4) is 5.75 Å². The Hall–Kier alpha value is -3.70. The number of esters is 4. The largest absolute Gasteiger partial charge is 0.468 e. The van der Waals surface area contributed by atoms with E-state index in [1.54, 1.807) is 23.1 Å². The first kappa shape index (κ1) is 27.9. The molecule has 0 saturated carbocycles. The lowest BCUT2D eigenvalue weighted by molar-refractivity contribution is -0.147. The first-order chi connectivity index (χ1) is 17.7. The molecular weight excluding hydrogens is 505 g/mol. The molecule has 2 aromatic carbocycles. The molecule has 0 N–H and O–H groups in total. The monoisotopic (exact) mass is 531 g/mol. The Bertz CT molecular complexity index is 1200. The summed E-state index contributed by atoms with van der Waals surface area (Å²) in [5.41, 5.74) is 0.693. The molecule has 196 valence electrons. The van der Waals surface area contributed by atoms with Crippen molar-refractivity contribution in [2.75, 3.05) is 27.0 Å². The summed E-state index contributed by atoms with van der Waals surface area (Å²) in [6, 6.07) is 10.9. The van der Waals surface area contributed by atoms with Crippen LogP contribution in [0.2, 0.25) is 0 Å². The number of hydrogen-bond donors (Lipinski definition) is 1. The minimum atomic E-state index is -1.01. The second kappa shape index (κ2) is 13.0. The van der Waals surface area contributed by atoms with Gasteiger partial charge in [0.2, 0.25) is 6.79 Å². The molecule has 0 aliphatic carbocycles. The zero-order valence-corrected chi connectivity index (χ0v) is 21.1. The molecule has 1 saturated heterocycles. The van der Waals surface area contributed by atoms with Crippen LogP contribution in [0.5, 0.6) is 5.75 Å². The number of hydrogen-bond acceptors (Lipinski definition) is 10. The van der Waals surface area contributed by atoms with Gasteiger partial charge in [-0.3, -0.25) is 9.69 Å². The molecule has 0 bridgehead atoms. The van der Waals surface area contributed by atoms with Crippen molar-refractivity contribution >= 4 is 36.5 Å². The van der Waals surface area contributed by atoms with Gasteiger partial charge in [0.25, 0.3) is 0 Å². The number of ether oxygens (including phenoxy) is 4. The summed E-state index contributed by atoms with van der Waals surface area (Å²) in [6.45, 7) is 1.06. The van der Waals surface area contributed by atoms with Crippen molar-refractivity contribution in [2.24, 2.45) is 0 Å². The molecular formula is C26H26FNO8S. The number of nitrogens with zero attached hydrogens (tertiary/aromatic N) is 1. The van der Waals surface area contributed by atoms with Crippen LogP contribution in [0.4, 0.5) is 4.39 Å². The molecule has 0 radical (unpaired) electrons. The maximum atomic E-state index is 14.5. The summed E-state index contributed by atoms with van der Waals surface area (Å²) in [6.07, 6.45) is 1.69. The van der Waals surface area contributed by atoms with E-state index in [-0.39, 0.29) is 28.7 Å². The maximum Gasteiger partial charge on any atom is 0.344 e. The van der Waals surface area contributed by atoms with E-state index in [1.165, 1.54) is 50.4 Å². The fraction of sp³-hybridized carbons (Fsp3) is 0.308. The Balaban J connectivity index is 1.65. The van der Waals surface area contributed by atoms with E-state index in [0.717, 1.165) is 0 Å². The van der Waals surface area contributed by atoms with Crippen molar-refractivity contribution in [1.29, 1.82) is 0 Å². The summed E-state index contributed by atoms with van der Waals surface area (Å²) in [5, 5.41) is -0.305. The highest BCUT2D eigenvalue weighted by Gasteiger charge is 2.35. The maximum absolute atomic E-state index is 14.5. The van der Waals surface area contributed by atoms with E-state index < -0.39 is 42.5 Å². The topological polar surface area (TPSA) is 108 Å². The van der Waals surface area contributed by atoms with Crippen LogP contribution in [0.15, 0.2) is 60.2 Å². The molecule has 2 aromatic rings. The molecule has 1 aliphatic heterocycles. The van der Waals surface area contributed by atoms with Gasteiger partial charge >= 0.3 is 23.9 Å². The van der Waals surface area contributed by atoms with Gasteiger partial charge in [0.1, 0.15) is 23.2 Å². The molecule has 1 heterocycles. The van der Waals surface area contributed by atoms with Gasteiger partial charge in [0, 0.05) is 36.9 Å². The third kappa shape index (κ3) is 7.40. The molecule has 0 amide bonds. The van der Waals surface area contributed by atoms with E-state index in [4.69, 9.17) is 18.9 Å². The SMILES string of the molecule is COC(=O)[C@H](c1ccccc1F)N1CCC(S)/C(=C\C(=O)OCOC(=O)c2ccccc2OC(C)=O)C1. The third-order valence-electron chi connectivity index (χ3n) is 5.55. The second-order valence-electron chi connectivity index (χ2n) is 8.04. The summed E-state index contributed by atoms with van der Waals surface area (Å²) in [5.74, 6) is -3.41. The van der Waals surface area contributed by atoms with Crippen molar-refractivity contribution in [1.82, 2.24) is 4.90 Å². The Morgan fingerprint density at radius 1 is 1.11 bits per heavy atom. The van der Waals surface area contributed by atoms with Gasteiger partial charge in [0.15, 0.2) is 0 Å². The van der Waals surface area contributed by atoms with E-state index in [9.17, 15) is 23.6 Å². The van der Waals surface area contributed by atoms with Gasteiger partial charge in [-0.1, -0.05) is 30.3 Å². The van der Waals surface area contributed by atoms with Crippen LogP contribution in [-0.4, -0.2) is 61.0 Å². The van der Waals surface area contributed by atoms with Gasteiger partial charge in [-0.2, -0.15) is 12.6 Å². The molecule has 3 rings (SSSR count). The van der Waals surface area contributed by atoms with Gasteiger partial charge in [0.05, 0.1) is 7.11 Å². The number of piperidine rings is 1. The number of carbonyl (C=O) groups excluding carboxylic acids is 4. The smallest absolute Gasteiger partial charge is 0.344 e. The standard InChI is InChI=1S/C26H26FNO8S/c1-16(29)36-21-10-6-4-8-19(21)25(31)35-15-34-23(30)13-17-14-28(12-11-22(17)37)24(26(32)33-2)18-7-3-5-9-20(18)27/h3-10,13,22,24,37H,11-12,14-15H2,1-2H3/b17-13-/t22?,24-/m0/s1. The van der Waals surface area contributed by atoms with Crippen molar-refractivity contribution in [3.05, 3.63) is 77.1 Å². The van der Waals surface area contributed by atoms with Crippen LogP contribution >= 0.6 is 12.6 Å². The highest BCUT2D eigenvalue weighted by atomic mass is 32.1. The predicted octanol–water partition coefficient (Wildman–Crippen LogP) is 3.25. The van der Waals surface area contributed by atoms with Crippen molar-refractivity contribution in [2.45, 2.75) is 24.6 Å². The molecule has 0 spiro atoms. The van der Waals surface area contributed by atoms with Crippen LogP contribution in [-0.2, 0) is 28.6 Å². The zero-order chi connectivity index (χ0) is 26.9. The average molecular weight is 532 g/mol. The predicted molar refractivity (Wildman–Crippen MR) is 132 cm³/mol. The lowest BCUT2D eigenvalue weighted by Crippen LogP contribution is -2.42. The number of halogens is 1. The van der Waals surface area contributed by atoms with Gasteiger partial charge in [-0.25, -0.2) is 18.8 Å². The fourth-order valence-corrected chi connectivity index (χ4v) is 4.10. The molecule has 2 atom stereocenters. The zero-order valence-electron chi connectivity index (χ0n) is 20.2. The minimum absolute atomic E-state index is 0.00700. The minimum Gasteiger partial charge on any atom is -0.468 e. The Labute approximate surface area is 218 Å². The summed E-state index contributed by atoms with van der Waals surface area (Å²) >= 11 is 4.51. The molecule has 11 heteroatoms. The van der Waals surface area contributed by atoms with E-state index in [0.29, 0.717) is 18.5 Å². The van der Waals surface area contributed by atoms with Crippen LogP contribution < -0.4 is 4.74 Å². The number of likely N-dealkylation sites (tertiary alicyclic amines) is 1. The first-order valence-corrected chi connectivity index (χ1v) is 11.8. The molecule has 9 nitrogen and oxygen atoms in total. The summed E-state index contributed by atoms with van der Waals surface area (Å²) < 4.78 is 34.3. The quantitative estimate of drug-likeness (QED) is 0.181. The molecule has 1 unspecified atom stereocenters. The van der Waals surface area contributed by atoms with Gasteiger partial charge in [-0.05, 0) is 30.2 Å². The Morgan fingerprint density at radius 3 is 2.51 bits per heavy atom. The van der Waals surface area contributed by atoms with Crippen LogP contribution in [0.1, 0.15) is 35.3 Å². The van der Waals surface area contributed by atoms with Crippen LogP contribution in [0.25, 0.3) is 0 Å². The van der Waals surface area contributed by atoms with Crippen LogP contribution in [0.3, 0.4) is 0 Å². The normalized spacial score (nSPS) is 17.5. The first-order valence-electron chi connectivity index (χ1n) is 11.3. The van der Waals surface area contributed by atoms with Gasteiger partial charge < -0.3 is 18.9 Å². The third-order valence-corrected chi connectivity index (χ3v) is 6.14. The highest BCUT2D eigenvalue weighted by molar-refractivity contribution is 7.81. The number of rotatable bonds is 8. The fourth-order valence-electron chi connectivity index (χ4n) is 3.83. The van der Waals surface area contributed by atoms with Crippen molar-refractivity contribution < 1.29 is 42.5 Å². The molecule has 1 fully saturated rings. The lowest BCUT2D eigenvalue weighted by atomic mass is 9.98. The molecule has 0 aromatic heterocycles. The van der Waals surface area contributed by atoms with E-state index in [1.807, 2.05) is 0 Å². The molecule has 37 heavy (non-hydrogen) atoms. The highest BCUT2D eigenvalue weighted by Crippen LogP contribution is 2.31. The Kier molecular flexibility index (Phi) is 9.81. The average Bonchev–Trinajstić information content (AvgIpc) is 2.87. The number of carbonyl (C=O) groups is 4. The molecule has 1 aliphatic rings. The number of benzene rings is 2. The van der Waals surface area contributed by atoms with Crippen LogP contribution in [0, 0.1) is 5.82 Å².